The van der Waals surface area contributed by atoms with Crippen molar-refractivity contribution in [3.63, 3.8) is 0 Å². The summed E-state index contributed by atoms with van der Waals surface area (Å²) in [6.45, 7) is 0.534. The summed E-state index contributed by atoms with van der Waals surface area (Å²) in [5.41, 5.74) is 2.43. The molecule has 9 heteroatoms. The van der Waals surface area contributed by atoms with Crippen LogP contribution in [0.5, 0.6) is 11.5 Å². The molecule has 0 fully saturated rings. The number of aromatic amines is 1. The van der Waals surface area contributed by atoms with E-state index in [1.54, 1.807) is 32.7 Å². The van der Waals surface area contributed by atoms with Crippen LogP contribution in [0.3, 0.4) is 0 Å². The molecule has 27 heavy (non-hydrogen) atoms. The summed E-state index contributed by atoms with van der Waals surface area (Å²) in [5.74, 6) is 0.725. The average Bonchev–Trinajstić information content (AvgIpc) is 3.17. The van der Waals surface area contributed by atoms with Gasteiger partial charge in [-0.05, 0) is 17.7 Å². The summed E-state index contributed by atoms with van der Waals surface area (Å²) in [7, 11) is 4.42. The van der Waals surface area contributed by atoms with Crippen LogP contribution < -0.4 is 14.8 Å². The van der Waals surface area contributed by atoms with Crippen LogP contribution in [0.15, 0.2) is 24.5 Å². The number of aromatic nitrogens is 2. The zero-order valence-electron chi connectivity index (χ0n) is 15.4. The lowest BCUT2D eigenvalue weighted by Crippen LogP contribution is -2.52. The third kappa shape index (κ3) is 3.81. The van der Waals surface area contributed by atoms with Crippen molar-refractivity contribution in [1.29, 1.82) is 0 Å². The summed E-state index contributed by atoms with van der Waals surface area (Å²) in [6, 6.07) is 4.33. The van der Waals surface area contributed by atoms with E-state index in [0.29, 0.717) is 17.9 Å². The molecule has 1 aromatic heterocycles. The molecule has 0 saturated carbocycles. The number of imidazole rings is 1. The number of carbonyl (C=O) groups excluding carboxylic acids is 2. The number of H-pyrrole nitrogens is 1. The van der Waals surface area contributed by atoms with E-state index in [2.05, 4.69) is 15.3 Å². The first kappa shape index (κ1) is 18.6. The number of benzene rings is 1. The third-order valence-corrected chi connectivity index (χ3v) is 4.52. The summed E-state index contributed by atoms with van der Waals surface area (Å²) < 4.78 is 15.3. The first-order valence-electron chi connectivity index (χ1n) is 8.41. The molecule has 1 aliphatic heterocycles. The SMILES string of the molecule is COC(=O)C1Cc2nc[nH]c2CN1C(=O)NCc1ccc(OC)c(OC)c1. The fourth-order valence-electron chi connectivity index (χ4n) is 3.07. The van der Waals surface area contributed by atoms with Crippen molar-refractivity contribution in [2.24, 2.45) is 0 Å². The van der Waals surface area contributed by atoms with E-state index in [4.69, 9.17) is 14.2 Å². The van der Waals surface area contributed by atoms with Gasteiger partial charge in [-0.15, -0.1) is 0 Å². The molecule has 0 bridgehead atoms. The third-order valence-electron chi connectivity index (χ3n) is 4.52. The largest absolute Gasteiger partial charge is 0.493 e. The zero-order valence-corrected chi connectivity index (χ0v) is 15.4. The van der Waals surface area contributed by atoms with Crippen molar-refractivity contribution < 1.29 is 23.8 Å². The van der Waals surface area contributed by atoms with Gasteiger partial charge in [0.1, 0.15) is 6.04 Å². The molecule has 1 aliphatic rings. The number of esters is 1. The lowest BCUT2D eigenvalue weighted by atomic mass is 10.0. The van der Waals surface area contributed by atoms with Crippen LogP contribution in [-0.4, -0.2) is 54.2 Å². The number of amides is 2. The topological polar surface area (TPSA) is 106 Å². The maximum atomic E-state index is 12.7. The van der Waals surface area contributed by atoms with Crippen LogP contribution in [0.25, 0.3) is 0 Å². The minimum Gasteiger partial charge on any atom is -0.493 e. The Morgan fingerprint density at radius 3 is 2.74 bits per heavy atom. The molecule has 2 heterocycles. The average molecular weight is 374 g/mol. The Morgan fingerprint density at radius 2 is 2.04 bits per heavy atom. The van der Waals surface area contributed by atoms with Gasteiger partial charge in [-0.3, -0.25) is 0 Å². The molecule has 0 radical (unpaired) electrons. The number of methoxy groups -OCH3 is 3. The second-order valence-corrected chi connectivity index (χ2v) is 6.05. The summed E-state index contributed by atoms with van der Waals surface area (Å²) >= 11 is 0. The van der Waals surface area contributed by atoms with Crippen LogP contribution in [0.2, 0.25) is 0 Å². The molecule has 1 unspecified atom stereocenters. The molecular weight excluding hydrogens is 352 g/mol. The minimum atomic E-state index is -0.712. The van der Waals surface area contributed by atoms with E-state index in [0.717, 1.165) is 17.0 Å². The normalized spacial score (nSPS) is 15.7. The van der Waals surface area contributed by atoms with Crippen LogP contribution in [0, 0.1) is 0 Å². The van der Waals surface area contributed by atoms with Crippen molar-refractivity contribution in [2.75, 3.05) is 21.3 Å². The molecule has 2 amide bonds. The van der Waals surface area contributed by atoms with Gasteiger partial charge in [-0.2, -0.15) is 0 Å². The minimum absolute atomic E-state index is 0.257. The molecule has 2 aromatic rings. The highest BCUT2D eigenvalue weighted by Crippen LogP contribution is 2.27. The number of rotatable bonds is 5. The quantitative estimate of drug-likeness (QED) is 0.763. The first-order chi connectivity index (χ1) is 13.1. The van der Waals surface area contributed by atoms with Crippen molar-refractivity contribution in [3.8, 4) is 11.5 Å². The molecule has 144 valence electrons. The Morgan fingerprint density at radius 1 is 1.26 bits per heavy atom. The molecule has 0 aliphatic carbocycles. The Balaban J connectivity index is 1.71. The molecular formula is C18H22N4O5. The predicted molar refractivity (Wildman–Crippen MR) is 95.4 cm³/mol. The highest BCUT2D eigenvalue weighted by molar-refractivity contribution is 5.84. The number of fused-ring (bicyclic) bond motifs is 1. The van der Waals surface area contributed by atoms with Gasteiger partial charge in [-0.25, -0.2) is 14.6 Å². The Kier molecular flexibility index (Phi) is 5.49. The van der Waals surface area contributed by atoms with Crippen molar-refractivity contribution >= 4 is 12.0 Å². The van der Waals surface area contributed by atoms with E-state index in [9.17, 15) is 9.59 Å². The first-order valence-corrected chi connectivity index (χ1v) is 8.41. The van der Waals surface area contributed by atoms with Gasteiger partial charge >= 0.3 is 12.0 Å². The number of hydrogen-bond donors (Lipinski definition) is 2. The van der Waals surface area contributed by atoms with E-state index in [-0.39, 0.29) is 19.1 Å². The van der Waals surface area contributed by atoms with Crippen molar-refractivity contribution in [3.05, 3.63) is 41.5 Å². The zero-order chi connectivity index (χ0) is 19.4. The van der Waals surface area contributed by atoms with Crippen LogP contribution >= 0.6 is 0 Å². The molecule has 3 rings (SSSR count). The van der Waals surface area contributed by atoms with Crippen LogP contribution in [0.1, 0.15) is 17.0 Å². The number of carbonyl (C=O) groups is 2. The fraction of sp³-hybridized carbons (Fsp3) is 0.389. The summed E-state index contributed by atoms with van der Waals surface area (Å²) in [6.07, 6.45) is 1.87. The standard InChI is InChI=1S/C18H22N4O5/c1-25-15-5-4-11(6-16(15)26-2)8-19-18(24)22-9-13-12(20-10-21-13)7-14(22)17(23)27-3/h4-6,10,14H,7-9H2,1-3H3,(H,19,24)(H,20,21). The van der Waals surface area contributed by atoms with Gasteiger partial charge in [0.15, 0.2) is 11.5 Å². The highest BCUT2D eigenvalue weighted by Gasteiger charge is 2.36. The fourth-order valence-corrected chi connectivity index (χ4v) is 3.07. The van der Waals surface area contributed by atoms with Gasteiger partial charge in [0.2, 0.25) is 0 Å². The highest BCUT2D eigenvalue weighted by atomic mass is 16.5. The van der Waals surface area contributed by atoms with Gasteiger partial charge in [0.25, 0.3) is 0 Å². The molecule has 2 N–H and O–H groups in total. The van der Waals surface area contributed by atoms with Crippen LogP contribution in [-0.2, 0) is 29.0 Å². The monoisotopic (exact) mass is 374 g/mol. The van der Waals surface area contributed by atoms with E-state index < -0.39 is 12.0 Å². The van der Waals surface area contributed by atoms with Crippen LogP contribution in [0.4, 0.5) is 4.79 Å². The lowest BCUT2D eigenvalue weighted by molar-refractivity contribution is -0.146. The molecule has 1 atom stereocenters. The van der Waals surface area contributed by atoms with Crippen molar-refractivity contribution in [2.45, 2.75) is 25.6 Å². The van der Waals surface area contributed by atoms with Crippen molar-refractivity contribution in [1.82, 2.24) is 20.2 Å². The number of urea groups is 1. The van der Waals surface area contributed by atoms with E-state index in [1.807, 2.05) is 6.07 Å². The maximum absolute atomic E-state index is 12.7. The molecule has 0 saturated heterocycles. The summed E-state index contributed by atoms with van der Waals surface area (Å²) in [4.78, 5) is 33.5. The molecule has 0 spiro atoms. The number of nitrogens with one attached hydrogen (secondary N) is 2. The van der Waals surface area contributed by atoms with E-state index in [1.165, 1.54) is 12.0 Å². The van der Waals surface area contributed by atoms with Gasteiger partial charge in [0.05, 0.1) is 45.6 Å². The number of ether oxygens (including phenoxy) is 3. The van der Waals surface area contributed by atoms with Gasteiger partial charge in [0, 0.05) is 13.0 Å². The van der Waals surface area contributed by atoms with Gasteiger partial charge < -0.3 is 29.4 Å². The Bertz CT molecular complexity index is 835. The smallest absolute Gasteiger partial charge is 0.329 e. The lowest BCUT2D eigenvalue weighted by Gasteiger charge is -2.33. The Labute approximate surface area is 156 Å². The molecule has 1 aromatic carbocycles. The second kappa shape index (κ2) is 7.98. The Hall–Kier alpha value is -3.23. The second-order valence-electron chi connectivity index (χ2n) is 6.05. The molecule has 9 nitrogen and oxygen atoms in total. The summed E-state index contributed by atoms with van der Waals surface area (Å²) in [5, 5.41) is 2.84. The maximum Gasteiger partial charge on any atom is 0.329 e. The predicted octanol–water partition coefficient (Wildman–Crippen LogP) is 1.24. The van der Waals surface area contributed by atoms with E-state index >= 15 is 0 Å². The van der Waals surface area contributed by atoms with Gasteiger partial charge in [-0.1, -0.05) is 6.07 Å². The number of hydrogen-bond acceptors (Lipinski definition) is 6. The number of nitrogens with zero attached hydrogens (tertiary/aromatic N) is 2.